The van der Waals surface area contributed by atoms with E-state index in [0.717, 1.165) is 31.4 Å². The van der Waals surface area contributed by atoms with Crippen LogP contribution in [0.25, 0.3) is 0 Å². The lowest BCUT2D eigenvalue weighted by molar-refractivity contribution is 0.150. The first-order chi connectivity index (χ1) is 9.45. The van der Waals surface area contributed by atoms with Gasteiger partial charge in [0, 0.05) is 0 Å². The van der Waals surface area contributed by atoms with Crippen LogP contribution in [0.4, 0.5) is 0 Å². The van der Waals surface area contributed by atoms with E-state index in [1.165, 1.54) is 12.0 Å². The second kappa shape index (κ2) is 5.87. The molecule has 2 nitrogen and oxygen atoms in total. The summed E-state index contributed by atoms with van der Waals surface area (Å²) in [6.45, 7) is 7.12. The summed E-state index contributed by atoms with van der Waals surface area (Å²) in [6.07, 6.45) is 5.51. The highest BCUT2D eigenvalue weighted by atomic mass is 16.5. The molecule has 2 rings (SSSR count). The minimum absolute atomic E-state index is 0.122. The summed E-state index contributed by atoms with van der Waals surface area (Å²) in [6, 6.07) is 10.8. The summed E-state index contributed by atoms with van der Waals surface area (Å²) in [5.41, 5.74) is 1.12. The Morgan fingerprint density at radius 3 is 2.50 bits per heavy atom. The number of hydrogen-bond donors (Lipinski definition) is 0. The second-order valence-corrected chi connectivity index (χ2v) is 7.02. The number of nitriles is 1. The predicted octanol–water partition coefficient (Wildman–Crippen LogP) is 4.84. The maximum atomic E-state index is 9.47. The van der Waals surface area contributed by atoms with Crippen molar-refractivity contribution in [1.82, 2.24) is 0 Å². The SMILES string of the molecule is CC(C)(C)c1cccc(OCC2(C#N)CCCCC2)c1. The third-order valence-electron chi connectivity index (χ3n) is 4.26. The van der Waals surface area contributed by atoms with E-state index >= 15 is 0 Å². The Morgan fingerprint density at radius 2 is 1.90 bits per heavy atom. The van der Waals surface area contributed by atoms with Gasteiger partial charge in [-0.25, -0.2) is 0 Å². The van der Waals surface area contributed by atoms with E-state index in [1.54, 1.807) is 0 Å². The van der Waals surface area contributed by atoms with Gasteiger partial charge in [0.15, 0.2) is 0 Å². The monoisotopic (exact) mass is 271 g/mol. The Kier molecular flexibility index (Phi) is 4.38. The molecule has 0 amide bonds. The van der Waals surface area contributed by atoms with Crippen molar-refractivity contribution in [2.45, 2.75) is 58.3 Å². The quantitative estimate of drug-likeness (QED) is 0.788. The molecule has 0 radical (unpaired) electrons. The summed E-state index contributed by atoms with van der Waals surface area (Å²) >= 11 is 0. The van der Waals surface area contributed by atoms with Crippen LogP contribution in [0.2, 0.25) is 0 Å². The van der Waals surface area contributed by atoms with Crippen LogP contribution in [-0.4, -0.2) is 6.61 Å². The topological polar surface area (TPSA) is 33.0 Å². The predicted molar refractivity (Wildman–Crippen MR) is 81.8 cm³/mol. The number of nitrogens with zero attached hydrogens (tertiary/aromatic N) is 1. The Balaban J connectivity index is 2.05. The molecule has 0 bridgehead atoms. The molecule has 0 aliphatic heterocycles. The molecule has 1 aromatic carbocycles. The fourth-order valence-corrected chi connectivity index (χ4v) is 2.79. The van der Waals surface area contributed by atoms with Gasteiger partial charge in [0.1, 0.15) is 12.4 Å². The minimum Gasteiger partial charge on any atom is -0.492 e. The number of hydrogen-bond acceptors (Lipinski definition) is 2. The van der Waals surface area contributed by atoms with E-state index in [-0.39, 0.29) is 10.8 Å². The van der Waals surface area contributed by atoms with Gasteiger partial charge in [-0.05, 0) is 36.0 Å². The smallest absolute Gasteiger partial charge is 0.119 e. The van der Waals surface area contributed by atoms with Gasteiger partial charge in [-0.1, -0.05) is 52.2 Å². The van der Waals surface area contributed by atoms with Crippen LogP contribution in [0.15, 0.2) is 24.3 Å². The fraction of sp³-hybridized carbons (Fsp3) is 0.611. The molecular formula is C18H25NO. The molecule has 0 spiro atoms. The van der Waals surface area contributed by atoms with Gasteiger partial charge in [-0.3, -0.25) is 0 Å². The highest BCUT2D eigenvalue weighted by Crippen LogP contribution is 2.36. The van der Waals surface area contributed by atoms with Crippen LogP contribution in [0.5, 0.6) is 5.75 Å². The number of benzene rings is 1. The molecular weight excluding hydrogens is 246 g/mol. The average molecular weight is 271 g/mol. The molecule has 0 heterocycles. The summed E-state index contributed by atoms with van der Waals surface area (Å²) in [5, 5.41) is 9.47. The first-order valence-corrected chi connectivity index (χ1v) is 7.60. The van der Waals surface area contributed by atoms with Gasteiger partial charge in [0.2, 0.25) is 0 Å². The third kappa shape index (κ3) is 3.54. The lowest BCUT2D eigenvalue weighted by atomic mass is 9.76. The van der Waals surface area contributed by atoms with Crippen LogP contribution in [0, 0.1) is 16.7 Å². The van der Waals surface area contributed by atoms with Crippen molar-refractivity contribution in [3.8, 4) is 11.8 Å². The molecule has 1 aliphatic carbocycles. The summed E-state index contributed by atoms with van der Waals surface area (Å²) in [5.74, 6) is 0.887. The van der Waals surface area contributed by atoms with Gasteiger partial charge in [-0.15, -0.1) is 0 Å². The molecule has 20 heavy (non-hydrogen) atoms. The maximum Gasteiger partial charge on any atom is 0.119 e. The Bertz CT molecular complexity index is 487. The molecule has 0 atom stereocenters. The van der Waals surface area contributed by atoms with Crippen molar-refractivity contribution in [3.05, 3.63) is 29.8 Å². The Hall–Kier alpha value is -1.49. The van der Waals surface area contributed by atoms with Crippen molar-refractivity contribution in [2.24, 2.45) is 5.41 Å². The fourth-order valence-electron chi connectivity index (χ4n) is 2.79. The van der Waals surface area contributed by atoms with Crippen molar-refractivity contribution >= 4 is 0 Å². The Morgan fingerprint density at radius 1 is 1.20 bits per heavy atom. The van der Waals surface area contributed by atoms with Crippen LogP contribution in [0.1, 0.15) is 58.4 Å². The standard InChI is InChI=1S/C18H25NO/c1-17(2,3)15-8-7-9-16(12-15)20-14-18(13-19)10-5-4-6-11-18/h7-9,12H,4-6,10-11,14H2,1-3H3. The molecule has 0 saturated heterocycles. The lowest BCUT2D eigenvalue weighted by Gasteiger charge is -2.30. The largest absolute Gasteiger partial charge is 0.492 e. The first-order valence-electron chi connectivity index (χ1n) is 7.60. The van der Waals surface area contributed by atoms with Crippen LogP contribution < -0.4 is 4.74 Å². The Labute approximate surface area is 122 Å². The van der Waals surface area contributed by atoms with E-state index in [9.17, 15) is 5.26 Å². The van der Waals surface area contributed by atoms with Crippen molar-refractivity contribution in [2.75, 3.05) is 6.61 Å². The van der Waals surface area contributed by atoms with Crippen molar-refractivity contribution < 1.29 is 4.74 Å². The van der Waals surface area contributed by atoms with Gasteiger partial charge in [-0.2, -0.15) is 5.26 Å². The second-order valence-electron chi connectivity index (χ2n) is 7.02. The van der Waals surface area contributed by atoms with E-state index in [1.807, 2.05) is 12.1 Å². The number of ether oxygens (including phenoxy) is 1. The summed E-state index contributed by atoms with van der Waals surface area (Å²) in [7, 11) is 0. The molecule has 1 saturated carbocycles. The zero-order valence-electron chi connectivity index (χ0n) is 12.9. The summed E-state index contributed by atoms with van der Waals surface area (Å²) in [4.78, 5) is 0. The van der Waals surface area contributed by atoms with Crippen LogP contribution in [0.3, 0.4) is 0 Å². The molecule has 0 unspecified atom stereocenters. The first kappa shape index (κ1) is 14.9. The van der Waals surface area contributed by atoms with Gasteiger partial charge in [0.05, 0.1) is 11.5 Å². The van der Waals surface area contributed by atoms with Crippen LogP contribution in [-0.2, 0) is 5.41 Å². The normalized spacial score (nSPS) is 18.3. The van der Waals surface area contributed by atoms with Crippen molar-refractivity contribution in [1.29, 1.82) is 5.26 Å². The molecule has 2 heteroatoms. The minimum atomic E-state index is -0.268. The van der Waals surface area contributed by atoms with Crippen LogP contribution >= 0.6 is 0 Å². The number of rotatable bonds is 3. The van der Waals surface area contributed by atoms with E-state index in [4.69, 9.17) is 4.74 Å². The van der Waals surface area contributed by atoms with Gasteiger partial charge < -0.3 is 4.74 Å². The molecule has 1 aromatic rings. The van der Waals surface area contributed by atoms with E-state index < -0.39 is 0 Å². The zero-order chi connectivity index (χ0) is 14.6. The molecule has 0 aromatic heterocycles. The van der Waals surface area contributed by atoms with Gasteiger partial charge >= 0.3 is 0 Å². The lowest BCUT2D eigenvalue weighted by Crippen LogP contribution is -2.29. The van der Waals surface area contributed by atoms with Crippen molar-refractivity contribution in [3.63, 3.8) is 0 Å². The summed E-state index contributed by atoms with van der Waals surface area (Å²) < 4.78 is 5.95. The highest BCUT2D eigenvalue weighted by molar-refractivity contribution is 5.32. The maximum absolute atomic E-state index is 9.47. The molecule has 1 fully saturated rings. The van der Waals surface area contributed by atoms with E-state index in [0.29, 0.717) is 6.61 Å². The van der Waals surface area contributed by atoms with E-state index in [2.05, 4.69) is 39.0 Å². The van der Waals surface area contributed by atoms with Gasteiger partial charge in [0.25, 0.3) is 0 Å². The highest BCUT2D eigenvalue weighted by Gasteiger charge is 2.33. The zero-order valence-corrected chi connectivity index (χ0v) is 12.9. The average Bonchev–Trinajstić information content (AvgIpc) is 2.46. The third-order valence-corrected chi connectivity index (χ3v) is 4.26. The molecule has 0 N–H and O–H groups in total. The molecule has 1 aliphatic rings. The molecule has 108 valence electrons.